The molecule has 0 aromatic carbocycles. The van der Waals surface area contributed by atoms with Crippen LogP contribution in [0.15, 0.2) is 0 Å². The molecule has 19 heavy (non-hydrogen) atoms. The van der Waals surface area contributed by atoms with E-state index >= 15 is 0 Å². The smallest absolute Gasteiger partial charge is 0.305 e. The zero-order valence-electron chi connectivity index (χ0n) is 12.2. The van der Waals surface area contributed by atoms with Crippen LogP contribution in [0.3, 0.4) is 0 Å². The second-order valence-electron chi connectivity index (χ2n) is 5.49. The second kappa shape index (κ2) is 8.18. The Balaban J connectivity index is 2.71. The number of carbonyl (C=O) groups excluding carboxylic acids is 2. The van der Waals surface area contributed by atoms with Gasteiger partial charge >= 0.3 is 11.9 Å². The Labute approximate surface area is 115 Å². The van der Waals surface area contributed by atoms with Crippen molar-refractivity contribution in [2.45, 2.75) is 65.2 Å². The molecule has 0 aromatic heterocycles. The SMILES string of the molecule is CCCCC1(CC)COC(=O)CCCCC(=O)OC1. The van der Waals surface area contributed by atoms with Gasteiger partial charge in [0.1, 0.15) is 13.2 Å². The van der Waals surface area contributed by atoms with E-state index in [4.69, 9.17) is 9.47 Å². The lowest BCUT2D eigenvalue weighted by molar-refractivity contribution is -0.153. The summed E-state index contributed by atoms with van der Waals surface area (Å²) in [7, 11) is 0. The summed E-state index contributed by atoms with van der Waals surface area (Å²) in [4.78, 5) is 23.2. The summed E-state index contributed by atoms with van der Waals surface area (Å²) in [6.07, 6.45) is 6.13. The lowest BCUT2D eigenvalue weighted by Gasteiger charge is -2.31. The standard InChI is InChI=1S/C15H26O4/c1-3-5-10-15(4-2)11-18-13(16)8-6-7-9-14(17)19-12-15/h3-12H2,1-2H3. The fourth-order valence-electron chi connectivity index (χ4n) is 2.27. The zero-order chi connectivity index (χ0) is 14.1. The first-order valence-corrected chi connectivity index (χ1v) is 7.43. The largest absolute Gasteiger partial charge is 0.465 e. The van der Waals surface area contributed by atoms with Gasteiger partial charge in [0.25, 0.3) is 0 Å². The molecular weight excluding hydrogens is 244 g/mol. The number of ether oxygens (including phenoxy) is 2. The number of cyclic esters (lactones) is 2. The third-order valence-corrected chi connectivity index (χ3v) is 3.90. The van der Waals surface area contributed by atoms with Gasteiger partial charge in [0.05, 0.1) is 0 Å². The van der Waals surface area contributed by atoms with E-state index in [1.54, 1.807) is 0 Å². The molecule has 0 aliphatic carbocycles. The van der Waals surface area contributed by atoms with Crippen molar-refractivity contribution in [3.63, 3.8) is 0 Å². The van der Waals surface area contributed by atoms with Crippen LogP contribution >= 0.6 is 0 Å². The van der Waals surface area contributed by atoms with Gasteiger partial charge in [-0.15, -0.1) is 0 Å². The summed E-state index contributed by atoms with van der Waals surface area (Å²) in [5.74, 6) is -0.299. The molecule has 1 fully saturated rings. The number of unbranched alkanes of at least 4 members (excludes halogenated alkanes) is 1. The van der Waals surface area contributed by atoms with E-state index < -0.39 is 0 Å². The molecular formula is C15H26O4. The molecule has 1 rings (SSSR count). The van der Waals surface area contributed by atoms with Crippen molar-refractivity contribution < 1.29 is 19.1 Å². The van der Waals surface area contributed by atoms with Crippen molar-refractivity contribution in [3.8, 4) is 0 Å². The Morgan fingerprint density at radius 2 is 1.53 bits per heavy atom. The molecule has 1 heterocycles. The zero-order valence-corrected chi connectivity index (χ0v) is 12.2. The van der Waals surface area contributed by atoms with Gasteiger partial charge in [-0.3, -0.25) is 9.59 Å². The molecule has 0 unspecified atom stereocenters. The van der Waals surface area contributed by atoms with Gasteiger partial charge in [0.15, 0.2) is 0 Å². The number of hydrogen-bond donors (Lipinski definition) is 0. The summed E-state index contributed by atoms with van der Waals surface area (Å²) < 4.78 is 10.8. The minimum absolute atomic E-state index is 0.149. The van der Waals surface area contributed by atoms with Crippen molar-refractivity contribution in [1.82, 2.24) is 0 Å². The van der Waals surface area contributed by atoms with Crippen molar-refractivity contribution in [3.05, 3.63) is 0 Å². The van der Waals surface area contributed by atoms with Gasteiger partial charge in [0.2, 0.25) is 0 Å². The van der Waals surface area contributed by atoms with Crippen LogP contribution in [0.5, 0.6) is 0 Å². The molecule has 0 aromatic rings. The number of carbonyl (C=O) groups is 2. The molecule has 0 N–H and O–H groups in total. The molecule has 4 nitrogen and oxygen atoms in total. The lowest BCUT2D eigenvalue weighted by atomic mass is 9.81. The van der Waals surface area contributed by atoms with Crippen molar-refractivity contribution >= 4 is 11.9 Å². The van der Waals surface area contributed by atoms with Gasteiger partial charge in [-0.2, -0.15) is 0 Å². The maximum absolute atomic E-state index is 11.6. The predicted octanol–water partition coefficient (Wildman–Crippen LogP) is 3.23. The molecule has 0 amide bonds. The number of hydrogen-bond acceptors (Lipinski definition) is 4. The normalized spacial score (nSPS) is 21.2. The van der Waals surface area contributed by atoms with Crippen LogP contribution in [0.4, 0.5) is 0 Å². The van der Waals surface area contributed by atoms with Crippen LogP contribution in [0.25, 0.3) is 0 Å². The van der Waals surface area contributed by atoms with Crippen molar-refractivity contribution in [2.24, 2.45) is 5.41 Å². The minimum atomic E-state index is -0.203. The van der Waals surface area contributed by atoms with E-state index in [0.717, 1.165) is 25.7 Å². The topological polar surface area (TPSA) is 52.6 Å². The third kappa shape index (κ3) is 5.62. The molecule has 0 saturated carbocycles. The molecule has 0 bridgehead atoms. The summed E-state index contributed by atoms with van der Waals surface area (Å²) in [5, 5.41) is 0. The molecule has 4 heteroatoms. The highest BCUT2D eigenvalue weighted by atomic mass is 16.5. The average Bonchev–Trinajstić information content (AvgIpc) is 2.45. The van der Waals surface area contributed by atoms with E-state index in [2.05, 4.69) is 13.8 Å². The summed E-state index contributed by atoms with van der Waals surface area (Å²) >= 11 is 0. The monoisotopic (exact) mass is 270 g/mol. The van der Waals surface area contributed by atoms with Crippen LogP contribution in [-0.2, 0) is 19.1 Å². The molecule has 1 aliphatic heterocycles. The first-order valence-electron chi connectivity index (χ1n) is 7.43. The maximum atomic E-state index is 11.6. The van der Waals surface area contributed by atoms with Gasteiger partial charge in [-0.1, -0.05) is 26.7 Å². The quantitative estimate of drug-likeness (QED) is 0.736. The lowest BCUT2D eigenvalue weighted by Crippen LogP contribution is -2.33. The first kappa shape index (κ1) is 16.0. The Bertz CT molecular complexity index is 277. The fraction of sp³-hybridized carbons (Fsp3) is 0.867. The van der Waals surface area contributed by atoms with Gasteiger partial charge < -0.3 is 9.47 Å². The van der Waals surface area contributed by atoms with E-state index in [1.165, 1.54) is 0 Å². The summed E-state index contributed by atoms with van der Waals surface area (Å²) in [6.45, 7) is 4.94. The molecule has 1 saturated heterocycles. The average molecular weight is 270 g/mol. The minimum Gasteiger partial charge on any atom is -0.465 e. The van der Waals surface area contributed by atoms with Gasteiger partial charge in [-0.25, -0.2) is 0 Å². The second-order valence-corrected chi connectivity index (χ2v) is 5.49. The Morgan fingerprint density at radius 1 is 1.00 bits per heavy atom. The van der Waals surface area contributed by atoms with E-state index in [1.807, 2.05) is 0 Å². The molecule has 0 spiro atoms. The molecule has 0 radical (unpaired) electrons. The fourth-order valence-corrected chi connectivity index (χ4v) is 2.27. The number of rotatable bonds is 4. The molecule has 0 atom stereocenters. The number of esters is 2. The van der Waals surface area contributed by atoms with Crippen LogP contribution in [0.2, 0.25) is 0 Å². The maximum Gasteiger partial charge on any atom is 0.305 e. The van der Waals surface area contributed by atoms with Crippen molar-refractivity contribution in [1.29, 1.82) is 0 Å². The van der Waals surface area contributed by atoms with E-state index in [0.29, 0.717) is 38.9 Å². The highest BCUT2D eigenvalue weighted by molar-refractivity contribution is 5.70. The first-order chi connectivity index (χ1) is 9.12. The van der Waals surface area contributed by atoms with Crippen LogP contribution < -0.4 is 0 Å². The summed E-state index contributed by atoms with van der Waals surface area (Å²) in [6, 6.07) is 0. The summed E-state index contributed by atoms with van der Waals surface area (Å²) in [5.41, 5.74) is -0.203. The molecule has 1 aliphatic rings. The Hall–Kier alpha value is -1.06. The Kier molecular flexibility index (Phi) is 6.89. The third-order valence-electron chi connectivity index (χ3n) is 3.90. The van der Waals surface area contributed by atoms with Crippen LogP contribution in [-0.4, -0.2) is 25.2 Å². The predicted molar refractivity (Wildman–Crippen MR) is 72.6 cm³/mol. The van der Waals surface area contributed by atoms with Gasteiger partial charge in [-0.05, 0) is 25.7 Å². The van der Waals surface area contributed by atoms with Crippen LogP contribution in [0, 0.1) is 5.41 Å². The van der Waals surface area contributed by atoms with Crippen molar-refractivity contribution in [2.75, 3.05) is 13.2 Å². The van der Waals surface area contributed by atoms with E-state index in [9.17, 15) is 9.59 Å². The van der Waals surface area contributed by atoms with E-state index in [-0.39, 0.29) is 17.4 Å². The highest BCUT2D eigenvalue weighted by Gasteiger charge is 2.31. The van der Waals surface area contributed by atoms with Gasteiger partial charge in [0, 0.05) is 18.3 Å². The van der Waals surface area contributed by atoms with Crippen LogP contribution in [0.1, 0.15) is 65.2 Å². The highest BCUT2D eigenvalue weighted by Crippen LogP contribution is 2.30. The molecule has 110 valence electrons. The Morgan fingerprint density at radius 3 is 1.95 bits per heavy atom.